The fraction of sp³-hybridized carbons (Fsp3) is 0.333. The zero-order chi connectivity index (χ0) is 19.2. The van der Waals surface area contributed by atoms with Gasteiger partial charge in [-0.3, -0.25) is 9.59 Å². The molecule has 0 atom stereocenters. The van der Waals surface area contributed by atoms with Gasteiger partial charge in [-0.2, -0.15) is 0 Å². The summed E-state index contributed by atoms with van der Waals surface area (Å²) in [6.07, 6.45) is 2.81. The van der Waals surface area contributed by atoms with Crippen molar-refractivity contribution in [2.45, 2.75) is 25.7 Å². The van der Waals surface area contributed by atoms with E-state index in [0.717, 1.165) is 11.4 Å². The molecule has 142 valence electrons. The van der Waals surface area contributed by atoms with Crippen molar-refractivity contribution in [1.29, 1.82) is 0 Å². The maximum atomic E-state index is 12.5. The maximum Gasteiger partial charge on any atom is 0.227 e. The number of benzene rings is 2. The van der Waals surface area contributed by atoms with E-state index in [1.807, 2.05) is 30.3 Å². The predicted molar refractivity (Wildman–Crippen MR) is 107 cm³/mol. The molecule has 1 aliphatic rings. The van der Waals surface area contributed by atoms with Crippen LogP contribution >= 0.6 is 11.6 Å². The van der Waals surface area contributed by atoms with Crippen LogP contribution in [0.5, 0.6) is 5.75 Å². The summed E-state index contributed by atoms with van der Waals surface area (Å²) in [5.74, 6) is 0.607. The summed E-state index contributed by atoms with van der Waals surface area (Å²) in [6.45, 7) is 0. The monoisotopic (exact) mass is 386 g/mol. The highest BCUT2D eigenvalue weighted by molar-refractivity contribution is 6.30. The average molecular weight is 387 g/mol. The fourth-order valence-corrected chi connectivity index (χ4v) is 3.54. The molecule has 0 radical (unpaired) electrons. The van der Waals surface area contributed by atoms with Crippen LogP contribution in [0.4, 0.5) is 11.4 Å². The quantitative estimate of drug-likeness (QED) is 0.780. The van der Waals surface area contributed by atoms with Gasteiger partial charge in [0.2, 0.25) is 11.8 Å². The molecule has 1 saturated carbocycles. The molecule has 0 unspecified atom stereocenters. The van der Waals surface area contributed by atoms with Crippen molar-refractivity contribution in [2.75, 3.05) is 17.7 Å². The van der Waals surface area contributed by atoms with Crippen LogP contribution in [0.2, 0.25) is 5.02 Å². The zero-order valence-corrected chi connectivity index (χ0v) is 16.0. The smallest absolute Gasteiger partial charge is 0.227 e. The molecule has 1 fully saturated rings. The van der Waals surface area contributed by atoms with Crippen LogP contribution < -0.4 is 15.4 Å². The lowest BCUT2D eigenvalue weighted by Crippen LogP contribution is -2.32. The van der Waals surface area contributed by atoms with E-state index in [1.165, 1.54) is 0 Å². The first-order valence-electron chi connectivity index (χ1n) is 9.06. The number of methoxy groups -OCH3 is 1. The molecule has 2 amide bonds. The summed E-state index contributed by atoms with van der Waals surface area (Å²) in [5, 5.41) is 6.44. The fourth-order valence-electron chi connectivity index (χ4n) is 3.35. The first-order valence-corrected chi connectivity index (χ1v) is 9.44. The zero-order valence-electron chi connectivity index (χ0n) is 15.2. The van der Waals surface area contributed by atoms with Gasteiger partial charge >= 0.3 is 0 Å². The molecule has 0 spiro atoms. The van der Waals surface area contributed by atoms with Gasteiger partial charge in [0.25, 0.3) is 0 Å². The van der Waals surface area contributed by atoms with Gasteiger partial charge < -0.3 is 15.4 Å². The Balaban J connectivity index is 1.48. The summed E-state index contributed by atoms with van der Waals surface area (Å²) in [5.41, 5.74) is 1.45. The molecule has 3 rings (SSSR count). The molecule has 0 aromatic heterocycles. The van der Waals surface area contributed by atoms with Crippen molar-refractivity contribution < 1.29 is 14.3 Å². The Labute approximate surface area is 164 Å². The van der Waals surface area contributed by atoms with Crippen molar-refractivity contribution in [1.82, 2.24) is 0 Å². The van der Waals surface area contributed by atoms with E-state index in [1.54, 1.807) is 25.3 Å². The summed E-state index contributed by atoms with van der Waals surface area (Å²) < 4.78 is 5.12. The number of halogens is 1. The van der Waals surface area contributed by atoms with Crippen LogP contribution in [0.3, 0.4) is 0 Å². The molecular formula is C21H23ClN2O3. The number of rotatable bonds is 5. The van der Waals surface area contributed by atoms with Crippen LogP contribution in [0.1, 0.15) is 25.7 Å². The van der Waals surface area contributed by atoms with Crippen molar-refractivity contribution in [3.05, 3.63) is 53.6 Å². The minimum Gasteiger partial charge on any atom is -0.497 e. The number of carbonyl (C=O) groups excluding carboxylic acids is 2. The largest absolute Gasteiger partial charge is 0.497 e. The van der Waals surface area contributed by atoms with Gasteiger partial charge in [0.05, 0.1) is 7.11 Å². The Morgan fingerprint density at radius 2 is 1.44 bits per heavy atom. The molecule has 2 N–H and O–H groups in total. The van der Waals surface area contributed by atoms with E-state index in [4.69, 9.17) is 16.3 Å². The highest BCUT2D eigenvalue weighted by Gasteiger charge is 2.30. The van der Waals surface area contributed by atoms with Crippen LogP contribution in [-0.2, 0) is 9.59 Å². The van der Waals surface area contributed by atoms with Gasteiger partial charge in [-0.15, -0.1) is 0 Å². The summed E-state index contributed by atoms with van der Waals surface area (Å²) in [6, 6.07) is 14.4. The molecule has 6 heteroatoms. The summed E-state index contributed by atoms with van der Waals surface area (Å²) >= 11 is 5.95. The SMILES string of the molecule is COc1ccc(NC(=O)C2CCC(C(=O)Nc3cccc(Cl)c3)CC2)cc1. The van der Waals surface area contributed by atoms with Crippen LogP contribution in [0.25, 0.3) is 0 Å². The van der Waals surface area contributed by atoms with Crippen molar-refractivity contribution in [3.8, 4) is 5.75 Å². The third-order valence-corrected chi connectivity index (χ3v) is 5.15. The van der Waals surface area contributed by atoms with E-state index >= 15 is 0 Å². The number of hydrogen-bond donors (Lipinski definition) is 2. The molecule has 0 bridgehead atoms. The van der Waals surface area contributed by atoms with Crippen LogP contribution in [0, 0.1) is 11.8 Å². The van der Waals surface area contributed by atoms with E-state index in [-0.39, 0.29) is 23.7 Å². The second-order valence-electron chi connectivity index (χ2n) is 6.77. The van der Waals surface area contributed by atoms with Gasteiger partial charge in [-0.25, -0.2) is 0 Å². The van der Waals surface area contributed by atoms with Crippen LogP contribution in [-0.4, -0.2) is 18.9 Å². The van der Waals surface area contributed by atoms with E-state index in [9.17, 15) is 9.59 Å². The number of carbonyl (C=O) groups is 2. The number of hydrogen-bond acceptors (Lipinski definition) is 3. The Morgan fingerprint density at radius 3 is 1.96 bits per heavy atom. The third-order valence-electron chi connectivity index (χ3n) is 4.92. The molecular weight excluding hydrogens is 364 g/mol. The van der Waals surface area contributed by atoms with E-state index < -0.39 is 0 Å². The van der Waals surface area contributed by atoms with E-state index in [2.05, 4.69) is 10.6 Å². The van der Waals surface area contributed by atoms with E-state index in [0.29, 0.717) is 36.4 Å². The minimum atomic E-state index is -0.0750. The predicted octanol–water partition coefficient (Wildman–Crippen LogP) is 4.73. The van der Waals surface area contributed by atoms with Gasteiger partial charge in [0.15, 0.2) is 0 Å². The Morgan fingerprint density at radius 1 is 0.889 bits per heavy atom. The van der Waals surface area contributed by atoms with Gasteiger partial charge in [-0.1, -0.05) is 17.7 Å². The van der Waals surface area contributed by atoms with Crippen LogP contribution in [0.15, 0.2) is 48.5 Å². The number of amides is 2. The second kappa shape index (κ2) is 8.91. The first kappa shape index (κ1) is 19.2. The number of nitrogens with one attached hydrogen (secondary N) is 2. The molecule has 0 saturated heterocycles. The summed E-state index contributed by atoms with van der Waals surface area (Å²) in [7, 11) is 1.61. The molecule has 27 heavy (non-hydrogen) atoms. The highest BCUT2D eigenvalue weighted by atomic mass is 35.5. The molecule has 5 nitrogen and oxygen atoms in total. The molecule has 0 heterocycles. The Hall–Kier alpha value is -2.53. The highest BCUT2D eigenvalue weighted by Crippen LogP contribution is 2.31. The lowest BCUT2D eigenvalue weighted by atomic mass is 9.81. The topological polar surface area (TPSA) is 67.4 Å². The third kappa shape index (κ3) is 5.23. The molecule has 2 aromatic rings. The van der Waals surface area contributed by atoms with Crippen molar-refractivity contribution in [2.24, 2.45) is 11.8 Å². The molecule has 1 aliphatic carbocycles. The second-order valence-corrected chi connectivity index (χ2v) is 7.20. The maximum absolute atomic E-state index is 12.5. The number of ether oxygens (including phenoxy) is 1. The van der Waals surface area contributed by atoms with Gasteiger partial charge in [-0.05, 0) is 68.1 Å². The Bertz CT molecular complexity index is 799. The van der Waals surface area contributed by atoms with Crippen molar-refractivity contribution >= 4 is 34.8 Å². The first-order chi connectivity index (χ1) is 13.0. The lowest BCUT2D eigenvalue weighted by Gasteiger charge is -2.27. The van der Waals surface area contributed by atoms with Crippen molar-refractivity contribution in [3.63, 3.8) is 0 Å². The van der Waals surface area contributed by atoms with Gasteiger partial charge in [0, 0.05) is 28.2 Å². The number of anilines is 2. The normalized spacial score (nSPS) is 19.2. The molecule has 0 aliphatic heterocycles. The minimum absolute atomic E-state index is 0.00807. The summed E-state index contributed by atoms with van der Waals surface area (Å²) in [4.78, 5) is 24.9. The molecule has 2 aromatic carbocycles. The van der Waals surface area contributed by atoms with Gasteiger partial charge in [0.1, 0.15) is 5.75 Å². The Kier molecular flexibility index (Phi) is 6.35. The lowest BCUT2D eigenvalue weighted by molar-refractivity contribution is -0.125. The average Bonchev–Trinajstić information content (AvgIpc) is 2.68. The standard InChI is InChI=1S/C21H23ClN2O3/c1-27-19-11-9-17(10-12-19)23-20(25)14-5-7-15(8-6-14)21(26)24-18-4-2-3-16(22)13-18/h2-4,9-15H,5-8H2,1H3,(H,23,25)(H,24,26).